The molecule has 3 N–H and O–H groups in total. The highest BCUT2D eigenvalue weighted by Crippen LogP contribution is 2.40. The molecule has 1 aromatic carbocycles. The first kappa shape index (κ1) is 30.0. The summed E-state index contributed by atoms with van der Waals surface area (Å²) in [5, 5.41) is 40.2. The fourth-order valence-corrected chi connectivity index (χ4v) is 5.02. The number of aryl methyl sites for hydroxylation is 2. The van der Waals surface area contributed by atoms with E-state index in [0.717, 1.165) is 27.8 Å². The topological polar surface area (TPSA) is 131 Å². The molecule has 0 amide bonds. The van der Waals surface area contributed by atoms with Crippen molar-refractivity contribution < 1.29 is 42.0 Å². The second-order valence-electron chi connectivity index (χ2n) is 9.67. The molecule has 5 atom stereocenters. The highest BCUT2D eigenvalue weighted by molar-refractivity contribution is 6.30. The predicted molar refractivity (Wildman–Crippen MR) is 137 cm³/mol. The van der Waals surface area contributed by atoms with Crippen LogP contribution in [0.4, 0.5) is 22.0 Å². The van der Waals surface area contributed by atoms with Crippen LogP contribution in [0.2, 0.25) is 5.02 Å². The molecule has 224 valence electrons. The quantitative estimate of drug-likeness (QED) is 0.221. The smallest absolute Gasteiger partial charge is 0.394 e. The molecule has 3 aromatic heterocycles. The molecular formula is C26H24ClF5N6O4. The second-order valence-corrected chi connectivity index (χ2v) is 10.1. The van der Waals surface area contributed by atoms with Crippen molar-refractivity contribution in [3.05, 3.63) is 76.4 Å². The molecule has 4 heterocycles. The maximum Gasteiger partial charge on any atom is 0.435 e. The van der Waals surface area contributed by atoms with Crippen molar-refractivity contribution in [3.8, 4) is 16.8 Å². The van der Waals surface area contributed by atoms with Crippen molar-refractivity contribution in [2.24, 2.45) is 0 Å². The Hall–Kier alpha value is -3.50. The third kappa shape index (κ3) is 5.26. The van der Waals surface area contributed by atoms with E-state index in [1.165, 1.54) is 25.3 Å². The Labute approximate surface area is 240 Å². The van der Waals surface area contributed by atoms with Gasteiger partial charge in [-0.15, -0.1) is 0 Å². The van der Waals surface area contributed by atoms with E-state index in [1.54, 1.807) is 6.92 Å². The van der Waals surface area contributed by atoms with Crippen molar-refractivity contribution >= 4 is 11.6 Å². The molecule has 0 spiro atoms. The molecule has 0 aliphatic carbocycles. The third-order valence-corrected chi connectivity index (χ3v) is 7.26. The average Bonchev–Trinajstić information content (AvgIpc) is 3.58. The standard InChI is InChI=1S/C26H24ClF5N6O4/c1-3-12-6-16(24(33-7-12)26(30,31)32)38-25(35-11(2)36-38)23-22(41)20(21(40)17(10-39)42-23)37-9-13(8-34-37)14-4-5-15(27)19(29)18(14)28/h4-9,17,20-23,39-41H,3,10H2,1-2H3/t17-,20+,21+,22-,23-/m1/s1. The molecule has 0 saturated carbocycles. The van der Waals surface area contributed by atoms with Crippen molar-refractivity contribution in [3.63, 3.8) is 0 Å². The zero-order valence-electron chi connectivity index (χ0n) is 22.0. The van der Waals surface area contributed by atoms with Crippen LogP contribution in [0.1, 0.15) is 42.0 Å². The highest BCUT2D eigenvalue weighted by Gasteiger charge is 2.49. The zero-order chi connectivity index (χ0) is 30.5. The Kier molecular flexibility index (Phi) is 8.06. The van der Waals surface area contributed by atoms with Gasteiger partial charge in [-0.1, -0.05) is 18.5 Å². The minimum absolute atomic E-state index is 0.0423. The van der Waals surface area contributed by atoms with Gasteiger partial charge in [-0.3, -0.25) is 4.68 Å². The maximum absolute atomic E-state index is 14.6. The fraction of sp³-hybridized carbons (Fsp3) is 0.385. The Bertz CT molecular complexity index is 1610. The van der Waals surface area contributed by atoms with E-state index in [-0.39, 0.29) is 22.8 Å². The molecular weight excluding hydrogens is 591 g/mol. The van der Waals surface area contributed by atoms with E-state index in [1.807, 2.05) is 0 Å². The number of aromatic nitrogens is 6. The fourth-order valence-electron chi connectivity index (χ4n) is 4.88. The number of alkyl halides is 3. The second kappa shape index (κ2) is 11.3. The van der Waals surface area contributed by atoms with E-state index in [0.29, 0.717) is 12.0 Å². The number of ether oxygens (including phenoxy) is 1. The molecule has 0 radical (unpaired) electrons. The molecule has 1 aliphatic heterocycles. The summed E-state index contributed by atoms with van der Waals surface area (Å²) in [7, 11) is 0. The van der Waals surface area contributed by atoms with Crippen LogP contribution in [0.25, 0.3) is 16.8 Å². The van der Waals surface area contributed by atoms with Gasteiger partial charge in [-0.25, -0.2) is 23.4 Å². The summed E-state index contributed by atoms with van der Waals surface area (Å²) < 4.78 is 78.2. The van der Waals surface area contributed by atoms with Gasteiger partial charge in [0, 0.05) is 23.5 Å². The summed E-state index contributed by atoms with van der Waals surface area (Å²) in [5.74, 6) is -2.73. The SMILES string of the molecule is CCc1cnc(C(F)(F)F)c(-n2nc(C)nc2[C@@H]2O[C@H](CO)[C@H](O)[C@H](n3cc(-c4ccc(Cl)c(F)c4F)cn3)[C@H]2O)c1. The van der Waals surface area contributed by atoms with E-state index < -0.39 is 71.3 Å². The molecule has 4 aromatic rings. The van der Waals surface area contributed by atoms with Crippen LogP contribution in [0.3, 0.4) is 0 Å². The number of hydrogen-bond donors (Lipinski definition) is 3. The first-order valence-electron chi connectivity index (χ1n) is 12.7. The van der Waals surface area contributed by atoms with Gasteiger partial charge in [0.05, 0.1) is 23.5 Å². The average molecular weight is 615 g/mol. The highest BCUT2D eigenvalue weighted by atomic mass is 35.5. The summed E-state index contributed by atoms with van der Waals surface area (Å²) >= 11 is 5.64. The van der Waals surface area contributed by atoms with Crippen molar-refractivity contribution in [2.45, 2.75) is 56.9 Å². The van der Waals surface area contributed by atoms with Crippen LogP contribution in [-0.4, -0.2) is 69.8 Å². The molecule has 10 nitrogen and oxygen atoms in total. The maximum atomic E-state index is 14.6. The number of hydrogen-bond acceptors (Lipinski definition) is 8. The number of halogens is 6. The van der Waals surface area contributed by atoms with E-state index in [2.05, 4.69) is 20.2 Å². The van der Waals surface area contributed by atoms with Crippen molar-refractivity contribution in [2.75, 3.05) is 6.61 Å². The minimum atomic E-state index is -4.86. The first-order chi connectivity index (χ1) is 19.8. The Morgan fingerprint density at radius 1 is 1.10 bits per heavy atom. The lowest BCUT2D eigenvalue weighted by Gasteiger charge is -2.42. The largest absolute Gasteiger partial charge is 0.435 e. The van der Waals surface area contributed by atoms with Gasteiger partial charge >= 0.3 is 6.18 Å². The molecule has 0 unspecified atom stereocenters. The number of pyridine rings is 1. The van der Waals surface area contributed by atoms with Gasteiger partial charge in [-0.2, -0.15) is 23.4 Å². The lowest BCUT2D eigenvalue weighted by Crippen LogP contribution is -2.53. The molecule has 0 bridgehead atoms. The molecule has 1 saturated heterocycles. The van der Waals surface area contributed by atoms with E-state index in [9.17, 15) is 37.3 Å². The summed E-state index contributed by atoms with van der Waals surface area (Å²) in [6.45, 7) is 2.41. The zero-order valence-corrected chi connectivity index (χ0v) is 22.7. The number of benzene rings is 1. The number of aliphatic hydroxyl groups excluding tert-OH is 3. The van der Waals surface area contributed by atoms with Gasteiger partial charge in [0.1, 0.15) is 36.3 Å². The number of aliphatic hydroxyl groups is 3. The van der Waals surface area contributed by atoms with E-state index >= 15 is 0 Å². The van der Waals surface area contributed by atoms with Crippen molar-refractivity contribution in [1.82, 2.24) is 29.5 Å². The first-order valence-corrected chi connectivity index (χ1v) is 13.0. The van der Waals surface area contributed by atoms with Crippen LogP contribution < -0.4 is 0 Å². The summed E-state index contributed by atoms with van der Waals surface area (Å²) in [6.07, 6.45) is -7.20. The summed E-state index contributed by atoms with van der Waals surface area (Å²) in [5.41, 5.74) is -1.37. The van der Waals surface area contributed by atoms with Gasteiger partial charge < -0.3 is 20.1 Å². The summed E-state index contributed by atoms with van der Waals surface area (Å²) in [4.78, 5) is 7.81. The molecule has 42 heavy (non-hydrogen) atoms. The Balaban J connectivity index is 1.59. The third-order valence-electron chi connectivity index (χ3n) is 6.97. The lowest BCUT2D eigenvalue weighted by atomic mass is 9.92. The Morgan fingerprint density at radius 3 is 2.50 bits per heavy atom. The normalized spacial score (nSPS) is 23.0. The van der Waals surface area contributed by atoms with Crippen LogP contribution in [0.15, 0.2) is 36.8 Å². The van der Waals surface area contributed by atoms with Gasteiger partial charge in [0.25, 0.3) is 0 Å². The minimum Gasteiger partial charge on any atom is -0.394 e. The molecule has 1 fully saturated rings. The van der Waals surface area contributed by atoms with E-state index in [4.69, 9.17) is 16.3 Å². The van der Waals surface area contributed by atoms with Crippen LogP contribution in [0, 0.1) is 18.6 Å². The van der Waals surface area contributed by atoms with Crippen LogP contribution >= 0.6 is 11.6 Å². The Morgan fingerprint density at radius 2 is 1.83 bits per heavy atom. The van der Waals surface area contributed by atoms with Crippen LogP contribution in [-0.2, 0) is 17.3 Å². The lowest BCUT2D eigenvalue weighted by molar-refractivity contribution is -0.210. The van der Waals surface area contributed by atoms with Gasteiger partial charge in [-0.05, 0) is 37.1 Å². The number of nitrogens with zero attached hydrogens (tertiary/aromatic N) is 6. The van der Waals surface area contributed by atoms with Crippen molar-refractivity contribution in [1.29, 1.82) is 0 Å². The summed E-state index contributed by atoms with van der Waals surface area (Å²) in [6, 6.07) is 2.25. The number of rotatable bonds is 6. The predicted octanol–water partition coefficient (Wildman–Crippen LogP) is 3.74. The monoisotopic (exact) mass is 614 g/mol. The van der Waals surface area contributed by atoms with Gasteiger partial charge in [0.2, 0.25) is 0 Å². The molecule has 5 rings (SSSR count). The molecule has 16 heteroatoms. The van der Waals surface area contributed by atoms with Gasteiger partial charge in [0.15, 0.2) is 23.2 Å². The van der Waals surface area contributed by atoms with Crippen LogP contribution in [0.5, 0.6) is 0 Å². The molecule has 1 aliphatic rings.